The SMILES string of the molecule is CCOC(=O)c1sc(NC(=O)COC(=O)c2ccc(Cl)c([N+](=O)[O-])c2)cc1C. The first kappa shape index (κ1) is 21.3. The van der Waals surface area contributed by atoms with E-state index in [1.54, 1.807) is 19.9 Å². The zero-order valence-corrected chi connectivity index (χ0v) is 16.4. The number of thiophene rings is 1. The molecule has 28 heavy (non-hydrogen) atoms. The number of nitro benzene ring substituents is 1. The summed E-state index contributed by atoms with van der Waals surface area (Å²) < 4.78 is 9.78. The average molecular weight is 427 g/mol. The largest absolute Gasteiger partial charge is 0.462 e. The first-order chi connectivity index (χ1) is 13.2. The third-order valence-electron chi connectivity index (χ3n) is 3.35. The van der Waals surface area contributed by atoms with Gasteiger partial charge in [-0.15, -0.1) is 11.3 Å². The van der Waals surface area contributed by atoms with Crippen molar-refractivity contribution in [1.82, 2.24) is 0 Å². The lowest BCUT2D eigenvalue weighted by Gasteiger charge is -2.05. The summed E-state index contributed by atoms with van der Waals surface area (Å²) in [5.41, 5.74) is 0.0887. The first-order valence-corrected chi connectivity index (χ1v) is 9.10. The maximum absolute atomic E-state index is 12.0. The summed E-state index contributed by atoms with van der Waals surface area (Å²) >= 11 is 6.72. The quantitative estimate of drug-likeness (QED) is 0.407. The number of aryl methyl sites for hydroxylation is 1. The fraction of sp³-hybridized carbons (Fsp3) is 0.235. The molecule has 0 aliphatic rings. The fourth-order valence-electron chi connectivity index (χ4n) is 2.11. The van der Waals surface area contributed by atoms with Crippen molar-refractivity contribution in [2.45, 2.75) is 13.8 Å². The highest BCUT2D eigenvalue weighted by Crippen LogP contribution is 2.27. The number of carbonyl (C=O) groups is 3. The van der Waals surface area contributed by atoms with Crippen molar-refractivity contribution >= 4 is 51.5 Å². The summed E-state index contributed by atoms with van der Waals surface area (Å²) in [5, 5.41) is 13.6. The van der Waals surface area contributed by atoms with Crippen molar-refractivity contribution in [1.29, 1.82) is 0 Å². The lowest BCUT2D eigenvalue weighted by Crippen LogP contribution is -2.20. The predicted molar refractivity (Wildman–Crippen MR) is 102 cm³/mol. The number of ether oxygens (including phenoxy) is 2. The van der Waals surface area contributed by atoms with E-state index in [-0.39, 0.29) is 17.2 Å². The molecular formula is C17H15ClN2O7S. The van der Waals surface area contributed by atoms with Crippen LogP contribution in [0.4, 0.5) is 10.7 Å². The van der Waals surface area contributed by atoms with Crippen LogP contribution >= 0.6 is 22.9 Å². The number of anilines is 1. The smallest absolute Gasteiger partial charge is 0.348 e. The molecule has 1 heterocycles. The van der Waals surface area contributed by atoms with Crippen LogP contribution in [0.5, 0.6) is 0 Å². The minimum Gasteiger partial charge on any atom is -0.462 e. The van der Waals surface area contributed by atoms with E-state index < -0.39 is 35.1 Å². The Bertz CT molecular complexity index is 942. The highest BCUT2D eigenvalue weighted by Gasteiger charge is 2.19. The molecule has 2 aromatic rings. The van der Waals surface area contributed by atoms with Crippen molar-refractivity contribution in [3.63, 3.8) is 0 Å². The average Bonchev–Trinajstić information content (AvgIpc) is 3.00. The summed E-state index contributed by atoms with van der Waals surface area (Å²) in [6.07, 6.45) is 0. The van der Waals surface area contributed by atoms with Gasteiger partial charge in [-0.25, -0.2) is 9.59 Å². The Kier molecular flexibility index (Phi) is 7.07. The van der Waals surface area contributed by atoms with Crippen molar-refractivity contribution in [3.05, 3.63) is 55.4 Å². The molecule has 0 bridgehead atoms. The molecule has 0 saturated carbocycles. The van der Waals surface area contributed by atoms with E-state index in [9.17, 15) is 24.5 Å². The standard InChI is InChI=1S/C17H15ClN2O7S/c1-3-26-17(23)15-9(2)6-14(28-15)19-13(21)8-27-16(22)10-4-5-11(18)12(7-10)20(24)25/h4-7H,3,8H2,1-2H3,(H,19,21). The van der Waals surface area contributed by atoms with E-state index in [1.165, 1.54) is 12.1 Å². The molecule has 1 aromatic carbocycles. The van der Waals surface area contributed by atoms with Gasteiger partial charge in [0.15, 0.2) is 6.61 Å². The van der Waals surface area contributed by atoms with Gasteiger partial charge in [-0.1, -0.05) is 11.6 Å². The Hall–Kier alpha value is -2.98. The van der Waals surface area contributed by atoms with E-state index >= 15 is 0 Å². The second kappa shape index (κ2) is 9.29. The number of rotatable bonds is 7. The molecule has 0 atom stereocenters. The molecule has 0 aliphatic heterocycles. The minimum absolute atomic E-state index is 0.111. The second-order valence-electron chi connectivity index (χ2n) is 5.39. The zero-order chi connectivity index (χ0) is 20.8. The predicted octanol–water partition coefficient (Wildman–Crippen LogP) is 3.59. The Morgan fingerprint density at radius 3 is 2.57 bits per heavy atom. The molecular weight excluding hydrogens is 412 g/mol. The van der Waals surface area contributed by atoms with E-state index in [2.05, 4.69) is 5.32 Å². The third-order valence-corrected chi connectivity index (χ3v) is 4.81. The van der Waals surface area contributed by atoms with E-state index in [0.29, 0.717) is 15.4 Å². The van der Waals surface area contributed by atoms with Crippen molar-refractivity contribution in [2.75, 3.05) is 18.5 Å². The lowest BCUT2D eigenvalue weighted by molar-refractivity contribution is -0.384. The number of benzene rings is 1. The molecule has 9 nitrogen and oxygen atoms in total. The van der Waals surface area contributed by atoms with Crippen molar-refractivity contribution in [3.8, 4) is 0 Å². The van der Waals surface area contributed by atoms with Crippen LogP contribution in [-0.2, 0) is 14.3 Å². The van der Waals surface area contributed by atoms with Crippen LogP contribution in [0.25, 0.3) is 0 Å². The molecule has 1 amide bonds. The number of hydrogen-bond acceptors (Lipinski definition) is 8. The number of hydrogen-bond donors (Lipinski definition) is 1. The number of esters is 2. The molecule has 0 fully saturated rings. The van der Waals surface area contributed by atoms with Crippen molar-refractivity contribution in [2.24, 2.45) is 0 Å². The van der Waals surface area contributed by atoms with Gasteiger partial charge in [0, 0.05) is 6.07 Å². The van der Waals surface area contributed by atoms with E-state index in [1.807, 2.05) is 0 Å². The summed E-state index contributed by atoms with van der Waals surface area (Å²) in [6.45, 7) is 3.01. The first-order valence-electron chi connectivity index (χ1n) is 7.91. The van der Waals surface area contributed by atoms with Gasteiger partial charge in [0.25, 0.3) is 11.6 Å². The molecule has 0 unspecified atom stereocenters. The zero-order valence-electron chi connectivity index (χ0n) is 14.8. The normalized spacial score (nSPS) is 10.2. The van der Waals surface area contributed by atoms with Crippen LogP contribution in [0.1, 0.15) is 32.5 Å². The van der Waals surface area contributed by atoms with E-state index in [4.69, 9.17) is 21.1 Å². The summed E-state index contributed by atoms with van der Waals surface area (Å²) in [4.78, 5) is 46.2. The Labute approximate surface area is 168 Å². The summed E-state index contributed by atoms with van der Waals surface area (Å²) in [5.74, 6) is -2.03. The Morgan fingerprint density at radius 1 is 1.21 bits per heavy atom. The van der Waals surface area contributed by atoms with Gasteiger partial charge in [-0.05, 0) is 37.6 Å². The second-order valence-corrected chi connectivity index (χ2v) is 6.85. The molecule has 0 radical (unpaired) electrons. The fourth-order valence-corrected chi connectivity index (χ4v) is 3.28. The summed E-state index contributed by atoms with van der Waals surface area (Å²) in [7, 11) is 0. The van der Waals surface area contributed by atoms with Crippen LogP contribution in [0, 0.1) is 17.0 Å². The van der Waals surface area contributed by atoms with Crippen LogP contribution < -0.4 is 5.32 Å². The highest BCUT2D eigenvalue weighted by atomic mass is 35.5. The molecule has 11 heteroatoms. The molecule has 0 spiro atoms. The van der Waals surface area contributed by atoms with Crippen LogP contribution in [0.3, 0.4) is 0 Å². The van der Waals surface area contributed by atoms with Crippen LogP contribution in [-0.4, -0.2) is 36.0 Å². The molecule has 1 N–H and O–H groups in total. The number of nitrogens with one attached hydrogen (secondary N) is 1. The van der Waals surface area contributed by atoms with Crippen LogP contribution in [0.15, 0.2) is 24.3 Å². The number of amides is 1. The lowest BCUT2D eigenvalue weighted by atomic mass is 10.2. The van der Waals surface area contributed by atoms with Gasteiger partial charge in [0.05, 0.1) is 22.1 Å². The molecule has 1 aromatic heterocycles. The monoisotopic (exact) mass is 426 g/mol. The third kappa shape index (κ3) is 5.27. The van der Waals surface area contributed by atoms with Gasteiger partial charge in [-0.3, -0.25) is 14.9 Å². The topological polar surface area (TPSA) is 125 Å². The van der Waals surface area contributed by atoms with Gasteiger partial charge in [-0.2, -0.15) is 0 Å². The maximum Gasteiger partial charge on any atom is 0.348 e. The molecule has 148 valence electrons. The van der Waals surface area contributed by atoms with Crippen molar-refractivity contribution < 1.29 is 28.8 Å². The van der Waals surface area contributed by atoms with Gasteiger partial charge >= 0.3 is 11.9 Å². The Morgan fingerprint density at radius 2 is 1.93 bits per heavy atom. The number of halogens is 1. The minimum atomic E-state index is -0.913. The number of carbonyl (C=O) groups excluding carboxylic acids is 3. The maximum atomic E-state index is 12.0. The summed E-state index contributed by atoms with van der Waals surface area (Å²) in [6, 6.07) is 5.02. The highest BCUT2D eigenvalue weighted by molar-refractivity contribution is 7.18. The van der Waals surface area contributed by atoms with E-state index in [0.717, 1.165) is 17.4 Å². The van der Waals surface area contributed by atoms with Gasteiger partial charge in [0.2, 0.25) is 0 Å². The van der Waals surface area contributed by atoms with Crippen LogP contribution in [0.2, 0.25) is 5.02 Å². The molecule has 2 rings (SSSR count). The van der Waals surface area contributed by atoms with Gasteiger partial charge in [0.1, 0.15) is 9.90 Å². The van der Waals surface area contributed by atoms with Gasteiger partial charge < -0.3 is 14.8 Å². The molecule has 0 aliphatic carbocycles. The number of nitrogens with zero attached hydrogens (tertiary/aromatic N) is 1. The Balaban J connectivity index is 1.97. The molecule has 0 saturated heterocycles. The number of nitro groups is 1.